The third kappa shape index (κ3) is 1.91. The van der Waals surface area contributed by atoms with Crippen molar-refractivity contribution in [2.75, 3.05) is 0 Å². The highest BCUT2D eigenvalue weighted by Crippen LogP contribution is 2.21. The number of aryl methyl sites for hydroxylation is 1. The smallest absolute Gasteiger partial charge is 0.335 e. The second-order valence-corrected chi connectivity index (χ2v) is 3.29. The Labute approximate surface area is 87.0 Å². The predicted octanol–water partition coefficient (Wildman–Crippen LogP) is 2.95. The fraction of sp³-hybridized carbons (Fsp3) is 0.0833. The Morgan fingerprint density at radius 3 is 2.27 bits per heavy atom. The van der Waals surface area contributed by atoms with Crippen molar-refractivity contribution in [3.8, 4) is 11.3 Å². The molecule has 0 saturated carbocycles. The Morgan fingerprint density at radius 1 is 1.13 bits per heavy atom. The van der Waals surface area contributed by atoms with Crippen LogP contribution in [0.1, 0.15) is 16.1 Å². The monoisotopic (exact) mass is 202 g/mol. The van der Waals surface area contributed by atoms with Gasteiger partial charge in [-0.3, -0.25) is 0 Å². The number of carbonyl (C=O) groups is 1. The van der Waals surface area contributed by atoms with Crippen molar-refractivity contribution in [1.29, 1.82) is 0 Å². The van der Waals surface area contributed by atoms with Gasteiger partial charge < -0.3 is 9.52 Å². The minimum atomic E-state index is -0.919. The van der Waals surface area contributed by atoms with Gasteiger partial charge in [-0.05, 0) is 31.2 Å². The Balaban J connectivity index is 2.35. The molecular formula is C12H10O3. The molecule has 0 unspecified atom stereocenters. The summed E-state index contributed by atoms with van der Waals surface area (Å²) in [5.41, 5.74) is 1.16. The highest BCUT2D eigenvalue weighted by Gasteiger charge is 2.05. The first-order chi connectivity index (χ1) is 7.16. The van der Waals surface area contributed by atoms with Gasteiger partial charge in [-0.1, -0.05) is 12.1 Å². The van der Waals surface area contributed by atoms with Crippen LogP contribution in [0.2, 0.25) is 0 Å². The summed E-state index contributed by atoms with van der Waals surface area (Å²) in [5, 5.41) is 8.73. The largest absolute Gasteiger partial charge is 0.478 e. The molecule has 15 heavy (non-hydrogen) atoms. The van der Waals surface area contributed by atoms with Gasteiger partial charge in [-0.15, -0.1) is 0 Å². The predicted molar refractivity (Wildman–Crippen MR) is 55.8 cm³/mol. The first-order valence-corrected chi connectivity index (χ1v) is 4.57. The average molecular weight is 202 g/mol. The summed E-state index contributed by atoms with van der Waals surface area (Å²) in [5.74, 6) is 0.675. The molecule has 0 spiro atoms. The van der Waals surface area contributed by atoms with Crippen LogP contribution in [-0.4, -0.2) is 11.1 Å². The molecule has 2 rings (SSSR count). The van der Waals surface area contributed by atoms with Crippen molar-refractivity contribution in [2.45, 2.75) is 6.92 Å². The van der Waals surface area contributed by atoms with E-state index < -0.39 is 5.97 Å². The van der Waals surface area contributed by atoms with Crippen LogP contribution < -0.4 is 0 Å². The molecule has 76 valence electrons. The quantitative estimate of drug-likeness (QED) is 0.814. The Bertz CT molecular complexity index is 480. The van der Waals surface area contributed by atoms with E-state index in [4.69, 9.17) is 9.52 Å². The Kier molecular flexibility index (Phi) is 2.29. The third-order valence-electron chi connectivity index (χ3n) is 2.16. The van der Waals surface area contributed by atoms with E-state index in [-0.39, 0.29) is 5.56 Å². The molecule has 0 bridgehead atoms. The number of rotatable bonds is 2. The number of aromatic carboxylic acids is 1. The van der Waals surface area contributed by atoms with Crippen molar-refractivity contribution < 1.29 is 14.3 Å². The number of carboxylic acids is 1. The molecule has 0 amide bonds. The first kappa shape index (κ1) is 9.52. The van der Waals surface area contributed by atoms with Crippen LogP contribution in [0, 0.1) is 6.92 Å². The summed E-state index contributed by atoms with van der Waals surface area (Å²) in [4.78, 5) is 10.6. The fourth-order valence-electron chi connectivity index (χ4n) is 1.37. The highest BCUT2D eigenvalue weighted by molar-refractivity contribution is 5.88. The van der Waals surface area contributed by atoms with Crippen molar-refractivity contribution >= 4 is 5.97 Å². The summed E-state index contributed by atoms with van der Waals surface area (Å²) in [6, 6.07) is 10.3. The molecule has 0 aliphatic heterocycles. The summed E-state index contributed by atoms with van der Waals surface area (Å²) in [6.07, 6.45) is 0. The molecule has 1 N–H and O–H groups in total. The Hall–Kier alpha value is -2.03. The van der Waals surface area contributed by atoms with Crippen LogP contribution >= 0.6 is 0 Å². The van der Waals surface area contributed by atoms with Crippen LogP contribution in [0.4, 0.5) is 0 Å². The molecule has 0 saturated heterocycles. The average Bonchev–Trinajstić information content (AvgIpc) is 2.65. The van der Waals surface area contributed by atoms with Crippen LogP contribution in [0.15, 0.2) is 40.8 Å². The Morgan fingerprint density at radius 2 is 1.80 bits per heavy atom. The van der Waals surface area contributed by atoms with Gasteiger partial charge in [0.25, 0.3) is 0 Å². The van der Waals surface area contributed by atoms with Gasteiger partial charge >= 0.3 is 5.97 Å². The van der Waals surface area contributed by atoms with Crippen LogP contribution in [0.3, 0.4) is 0 Å². The summed E-state index contributed by atoms with van der Waals surface area (Å²) in [7, 11) is 0. The van der Waals surface area contributed by atoms with Crippen LogP contribution in [0.5, 0.6) is 0 Å². The van der Waals surface area contributed by atoms with E-state index in [2.05, 4.69) is 0 Å². The van der Waals surface area contributed by atoms with Gasteiger partial charge in [-0.25, -0.2) is 4.79 Å². The van der Waals surface area contributed by atoms with Gasteiger partial charge in [0.15, 0.2) is 0 Å². The SMILES string of the molecule is Cc1ccc(-c2ccc(C(=O)O)cc2)o1. The molecule has 0 aliphatic rings. The van der Waals surface area contributed by atoms with E-state index in [9.17, 15) is 4.79 Å². The van der Waals surface area contributed by atoms with Gasteiger partial charge in [0.05, 0.1) is 5.56 Å². The number of carboxylic acid groups (broad SMARTS) is 1. The number of benzene rings is 1. The summed E-state index contributed by atoms with van der Waals surface area (Å²) < 4.78 is 5.42. The van der Waals surface area contributed by atoms with Gasteiger partial charge in [0.2, 0.25) is 0 Å². The van der Waals surface area contributed by atoms with E-state index >= 15 is 0 Å². The first-order valence-electron chi connectivity index (χ1n) is 4.57. The van der Waals surface area contributed by atoms with Crippen LogP contribution in [0.25, 0.3) is 11.3 Å². The molecule has 1 aromatic carbocycles. The maximum atomic E-state index is 10.6. The highest BCUT2D eigenvalue weighted by atomic mass is 16.4. The number of furan rings is 1. The molecule has 0 fully saturated rings. The topological polar surface area (TPSA) is 50.4 Å². The maximum Gasteiger partial charge on any atom is 0.335 e. The van der Waals surface area contributed by atoms with E-state index in [0.29, 0.717) is 0 Å². The number of hydrogen-bond acceptors (Lipinski definition) is 2. The van der Waals surface area contributed by atoms with E-state index in [1.165, 1.54) is 0 Å². The third-order valence-corrected chi connectivity index (χ3v) is 2.16. The fourth-order valence-corrected chi connectivity index (χ4v) is 1.37. The molecule has 0 aliphatic carbocycles. The van der Waals surface area contributed by atoms with Gasteiger partial charge in [0, 0.05) is 5.56 Å². The molecule has 3 nitrogen and oxygen atoms in total. The van der Waals surface area contributed by atoms with Crippen molar-refractivity contribution in [2.24, 2.45) is 0 Å². The molecule has 1 heterocycles. The standard InChI is InChI=1S/C12H10O3/c1-8-2-7-11(15-8)9-3-5-10(6-4-9)12(13)14/h2-7H,1H3,(H,13,14). The molecular weight excluding hydrogens is 192 g/mol. The van der Waals surface area contributed by atoms with Crippen molar-refractivity contribution in [3.63, 3.8) is 0 Å². The zero-order chi connectivity index (χ0) is 10.8. The lowest BCUT2D eigenvalue weighted by Gasteiger charge is -1.97. The lowest BCUT2D eigenvalue weighted by atomic mass is 10.1. The molecule has 3 heteroatoms. The molecule has 1 aromatic heterocycles. The molecule has 2 aromatic rings. The number of hydrogen-bond donors (Lipinski definition) is 1. The lowest BCUT2D eigenvalue weighted by molar-refractivity contribution is 0.0697. The van der Waals surface area contributed by atoms with Gasteiger partial charge in [0.1, 0.15) is 11.5 Å². The maximum absolute atomic E-state index is 10.6. The van der Waals surface area contributed by atoms with Crippen molar-refractivity contribution in [1.82, 2.24) is 0 Å². The second-order valence-electron chi connectivity index (χ2n) is 3.29. The lowest BCUT2D eigenvalue weighted by Crippen LogP contribution is -1.94. The van der Waals surface area contributed by atoms with E-state index in [1.807, 2.05) is 19.1 Å². The molecule has 0 atom stereocenters. The zero-order valence-electron chi connectivity index (χ0n) is 8.23. The summed E-state index contributed by atoms with van der Waals surface area (Å²) >= 11 is 0. The zero-order valence-corrected chi connectivity index (χ0v) is 8.23. The summed E-state index contributed by atoms with van der Waals surface area (Å²) in [6.45, 7) is 1.87. The van der Waals surface area contributed by atoms with Crippen molar-refractivity contribution in [3.05, 3.63) is 47.7 Å². The normalized spacial score (nSPS) is 10.2. The molecule has 0 radical (unpaired) electrons. The minimum absolute atomic E-state index is 0.280. The minimum Gasteiger partial charge on any atom is -0.478 e. The van der Waals surface area contributed by atoms with E-state index in [0.717, 1.165) is 17.1 Å². The van der Waals surface area contributed by atoms with Crippen LogP contribution in [-0.2, 0) is 0 Å². The van der Waals surface area contributed by atoms with E-state index in [1.54, 1.807) is 24.3 Å². The van der Waals surface area contributed by atoms with Gasteiger partial charge in [-0.2, -0.15) is 0 Å². The second kappa shape index (κ2) is 3.61.